The van der Waals surface area contributed by atoms with Crippen molar-refractivity contribution < 1.29 is 27.3 Å². The van der Waals surface area contributed by atoms with Crippen LogP contribution in [-0.2, 0) is 19.2 Å². The molecule has 4 aromatic rings. The fourth-order valence-electron chi connectivity index (χ4n) is 7.74. The van der Waals surface area contributed by atoms with Crippen LogP contribution in [0.2, 0.25) is 5.04 Å². The molecule has 5 rings (SSSR count). The summed E-state index contributed by atoms with van der Waals surface area (Å²) in [5.74, 6) is -0.695. The second kappa shape index (κ2) is 15.9. The second-order valence-corrected chi connectivity index (χ2v) is 20.5. The van der Waals surface area contributed by atoms with Crippen LogP contribution in [0, 0.1) is 15.5 Å². The Labute approximate surface area is 303 Å². The van der Waals surface area contributed by atoms with Crippen LogP contribution in [0.15, 0.2) is 114 Å². The van der Waals surface area contributed by atoms with Crippen molar-refractivity contribution >= 4 is 46.1 Å². The number of nitrogens with zero attached hydrogens (tertiary/aromatic N) is 2. The minimum atomic E-state index is -4.50. The molecule has 0 saturated heterocycles. The third-order valence-corrected chi connectivity index (χ3v) is 17.2. The molecule has 270 valence electrons. The van der Waals surface area contributed by atoms with Gasteiger partial charge in [0, 0.05) is 19.2 Å². The van der Waals surface area contributed by atoms with Gasteiger partial charge in [0.25, 0.3) is 24.0 Å². The maximum Gasteiger partial charge on any atom is 0.340 e. The van der Waals surface area contributed by atoms with E-state index in [0.717, 1.165) is 38.5 Å². The van der Waals surface area contributed by atoms with E-state index in [4.69, 9.17) is 9.16 Å². The lowest BCUT2D eigenvalue weighted by Gasteiger charge is -2.45. The maximum atomic E-state index is 14.5. The number of hydrogen-bond acceptors (Lipinski definition) is 7. The molecule has 1 fully saturated rings. The molecule has 1 aliphatic rings. The normalized spacial score (nSPS) is 14.8. The Morgan fingerprint density at radius 1 is 0.824 bits per heavy atom. The first-order valence-electron chi connectivity index (χ1n) is 17.5. The van der Waals surface area contributed by atoms with Gasteiger partial charge in [-0.25, -0.2) is 13.2 Å². The molecule has 11 heteroatoms. The zero-order valence-corrected chi connectivity index (χ0v) is 31.7. The van der Waals surface area contributed by atoms with E-state index in [2.05, 4.69) is 69.3 Å². The van der Waals surface area contributed by atoms with Gasteiger partial charge in [0.1, 0.15) is 0 Å². The Kier molecular flexibility index (Phi) is 11.8. The molecule has 4 aromatic carbocycles. The first kappa shape index (κ1) is 37.9. The van der Waals surface area contributed by atoms with Crippen LogP contribution < -0.4 is 14.7 Å². The number of nitro benzene ring substituents is 1. The summed E-state index contributed by atoms with van der Waals surface area (Å²) in [6.07, 6.45) is 6.11. The van der Waals surface area contributed by atoms with Crippen LogP contribution in [0.1, 0.15) is 76.1 Å². The fraction of sp³-hybridized carbons (Fsp3) is 0.375. The van der Waals surface area contributed by atoms with E-state index in [0.29, 0.717) is 13.0 Å². The van der Waals surface area contributed by atoms with Gasteiger partial charge in [-0.3, -0.25) is 14.4 Å². The number of para-hydroxylation sites is 2. The van der Waals surface area contributed by atoms with Crippen LogP contribution in [0.5, 0.6) is 0 Å². The Balaban J connectivity index is 1.52. The van der Waals surface area contributed by atoms with Gasteiger partial charge in [-0.1, -0.05) is 125 Å². The van der Waals surface area contributed by atoms with E-state index in [1.165, 1.54) is 52.1 Å². The monoisotopic (exact) mass is 728 g/mol. The Hall–Kier alpha value is -4.32. The molecule has 0 amide bonds. The highest BCUT2D eigenvalue weighted by Gasteiger charge is 2.50. The Morgan fingerprint density at radius 2 is 1.37 bits per heavy atom. The highest BCUT2D eigenvalue weighted by Crippen LogP contribution is 2.45. The summed E-state index contributed by atoms with van der Waals surface area (Å²) < 4.78 is 42.5. The molecule has 0 heterocycles. The first-order valence-corrected chi connectivity index (χ1v) is 20.9. The minimum absolute atomic E-state index is 0.0155. The fourth-order valence-corrected chi connectivity index (χ4v) is 13.9. The highest BCUT2D eigenvalue weighted by atomic mass is 32.2. The summed E-state index contributed by atoms with van der Waals surface area (Å²) in [7, 11) is -6.06. The van der Waals surface area contributed by atoms with Crippen molar-refractivity contribution in [2.24, 2.45) is 5.41 Å². The molecule has 0 radical (unpaired) electrons. The molecule has 0 aliphatic heterocycles. The lowest BCUT2D eigenvalue weighted by Crippen LogP contribution is -2.66. The molecule has 0 N–H and O–H groups in total. The molecule has 0 aromatic heterocycles. The molecule has 1 aliphatic carbocycles. The minimum Gasteiger partial charge on any atom is -0.465 e. The number of benzene rings is 4. The summed E-state index contributed by atoms with van der Waals surface area (Å²) in [6.45, 7) is 7.25. The topological polar surface area (TPSA) is 116 Å². The van der Waals surface area contributed by atoms with Crippen LogP contribution >= 0.6 is 0 Å². The number of carbonyl (C=O) groups excluding carboxylic acids is 1. The average Bonchev–Trinajstić information content (AvgIpc) is 3.14. The highest BCUT2D eigenvalue weighted by molar-refractivity contribution is 7.93. The van der Waals surface area contributed by atoms with Gasteiger partial charge >= 0.3 is 5.97 Å². The van der Waals surface area contributed by atoms with Crippen molar-refractivity contribution in [1.82, 2.24) is 0 Å². The van der Waals surface area contributed by atoms with Crippen molar-refractivity contribution in [2.45, 2.75) is 75.7 Å². The van der Waals surface area contributed by atoms with Crippen molar-refractivity contribution in [2.75, 3.05) is 24.6 Å². The van der Waals surface area contributed by atoms with Gasteiger partial charge in [0.2, 0.25) is 0 Å². The quantitative estimate of drug-likeness (QED) is 0.0561. The number of rotatable bonds is 14. The number of methoxy groups -OCH3 is 1. The number of esters is 1. The van der Waals surface area contributed by atoms with Gasteiger partial charge in [-0.15, -0.1) is 0 Å². The van der Waals surface area contributed by atoms with Gasteiger partial charge in [-0.2, -0.15) is 0 Å². The molecular weight excluding hydrogens is 681 g/mol. The van der Waals surface area contributed by atoms with Crippen LogP contribution in [0.3, 0.4) is 0 Å². The van der Waals surface area contributed by atoms with E-state index in [1.54, 1.807) is 18.2 Å². The molecule has 1 saturated carbocycles. The zero-order chi connectivity index (χ0) is 36.7. The van der Waals surface area contributed by atoms with E-state index < -0.39 is 39.8 Å². The Bertz CT molecular complexity index is 1870. The third-order valence-electron chi connectivity index (χ3n) is 10.3. The summed E-state index contributed by atoms with van der Waals surface area (Å²) in [5.41, 5.74) is -0.587. The molecule has 51 heavy (non-hydrogen) atoms. The maximum absolute atomic E-state index is 14.5. The standard InChI is InChI=1S/C40H48N2O7SSi/c1-39(2,3)51(32-18-8-5-9-19-32,33-20-10-6-11-21-33)49-31-29-40(26-16-7-17-27-40)28-30-41(35-23-13-12-22-34(35)38(43)48-4)50(46,47)37-25-15-14-24-36(37)42(44)45/h5-6,8-15,18-25H,7,16-17,26-31H2,1-4H3. The summed E-state index contributed by atoms with van der Waals surface area (Å²) in [5, 5.41) is 14.2. The molecule has 0 atom stereocenters. The van der Waals surface area contributed by atoms with Gasteiger partial charge in [0.05, 0.1) is 23.3 Å². The van der Waals surface area contributed by atoms with Crippen molar-refractivity contribution in [3.05, 3.63) is 125 Å². The zero-order valence-electron chi connectivity index (χ0n) is 29.9. The first-order chi connectivity index (χ1) is 24.4. The SMILES string of the molecule is COC(=O)c1ccccc1N(CCC1(CCO[Si](c2ccccc2)(c2ccccc2)C(C)(C)C)CCCCC1)S(=O)(=O)c1ccccc1[N+](=O)[O-]. The number of hydrogen-bond donors (Lipinski definition) is 0. The van der Waals surface area contributed by atoms with Gasteiger partial charge < -0.3 is 9.16 Å². The summed E-state index contributed by atoms with van der Waals surface area (Å²) >= 11 is 0. The van der Waals surface area contributed by atoms with Crippen molar-refractivity contribution in [1.29, 1.82) is 0 Å². The molecule has 0 spiro atoms. The smallest absolute Gasteiger partial charge is 0.340 e. The molecule has 0 bridgehead atoms. The van der Waals surface area contributed by atoms with Crippen LogP contribution in [0.4, 0.5) is 11.4 Å². The van der Waals surface area contributed by atoms with Crippen molar-refractivity contribution in [3.63, 3.8) is 0 Å². The number of carbonyl (C=O) groups is 1. The predicted molar refractivity (Wildman–Crippen MR) is 204 cm³/mol. The van der Waals surface area contributed by atoms with E-state index >= 15 is 0 Å². The lowest BCUT2D eigenvalue weighted by molar-refractivity contribution is -0.387. The number of ether oxygens (including phenoxy) is 1. The largest absolute Gasteiger partial charge is 0.465 e. The molecular formula is C40H48N2O7SSi. The Morgan fingerprint density at radius 3 is 1.94 bits per heavy atom. The van der Waals surface area contributed by atoms with E-state index in [9.17, 15) is 23.3 Å². The second-order valence-electron chi connectivity index (χ2n) is 14.4. The van der Waals surface area contributed by atoms with E-state index in [-0.39, 0.29) is 28.2 Å². The van der Waals surface area contributed by atoms with Crippen LogP contribution in [0.25, 0.3) is 0 Å². The van der Waals surface area contributed by atoms with Gasteiger partial charge in [-0.05, 0) is 64.7 Å². The number of nitro groups is 1. The van der Waals surface area contributed by atoms with Crippen LogP contribution in [-0.4, -0.2) is 47.9 Å². The van der Waals surface area contributed by atoms with E-state index in [1.807, 2.05) is 12.1 Å². The predicted octanol–water partition coefficient (Wildman–Crippen LogP) is 7.88. The number of anilines is 1. The molecule has 9 nitrogen and oxygen atoms in total. The summed E-state index contributed by atoms with van der Waals surface area (Å²) in [6, 6.07) is 32.7. The summed E-state index contributed by atoms with van der Waals surface area (Å²) in [4.78, 5) is 23.8. The molecule has 0 unspecified atom stereocenters. The third kappa shape index (κ3) is 7.95. The van der Waals surface area contributed by atoms with Gasteiger partial charge in [0.15, 0.2) is 4.90 Å². The lowest BCUT2D eigenvalue weighted by atomic mass is 9.70. The van der Waals surface area contributed by atoms with Crippen molar-refractivity contribution in [3.8, 4) is 0 Å². The average molecular weight is 729 g/mol. The number of sulfonamides is 1.